The molecule has 1 amide bonds. The van der Waals surface area contributed by atoms with E-state index < -0.39 is 0 Å². The highest BCUT2D eigenvalue weighted by atomic mass is 32.2. The maximum Gasteiger partial charge on any atom is 0.234 e. The lowest BCUT2D eigenvalue weighted by molar-refractivity contribution is -0.113. The van der Waals surface area contributed by atoms with Crippen molar-refractivity contribution < 1.29 is 9.53 Å². The Bertz CT molecular complexity index is 984. The Balaban J connectivity index is 1.72. The molecule has 0 bridgehead atoms. The van der Waals surface area contributed by atoms with Crippen molar-refractivity contribution in [2.45, 2.75) is 32.5 Å². The zero-order chi connectivity index (χ0) is 20.1. The molecule has 6 nitrogen and oxygen atoms in total. The number of para-hydroxylation sites is 1. The number of aryl methyl sites for hydroxylation is 2. The second kappa shape index (κ2) is 8.93. The summed E-state index contributed by atoms with van der Waals surface area (Å²) >= 11 is 1.37. The minimum atomic E-state index is -0.0715. The van der Waals surface area contributed by atoms with E-state index in [4.69, 9.17) is 4.74 Å². The monoisotopic (exact) mass is 396 g/mol. The Hall–Kier alpha value is -2.80. The smallest absolute Gasteiger partial charge is 0.234 e. The molecule has 7 heteroatoms. The molecule has 28 heavy (non-hydrogen) atoms. The third-order valence-corrected chi connectivity index (χ3v) is 5.47. The first-order valence-corrected chi connectivity index (χ1v) is 10.1. The topological polar surface area (TPSA) is 69.0 Å². The molecule has 146 valence electrons. The highest BCUT2D eigenvalue weighted by Crippen LogP contribution is 2.30. The van der Waals surface area contributed by atoms with E-state index in [2.05, 4.69) is 15.5 Å². The zero-order valence-electron chi connectivity index (χ0n) is 16.5. The second-order valence-corrected chi connectivity index (χ2v) is 7.33. The third kappa shape index (κ3) is 4.36. The number of thioether (sulfide) groups is 1. The highest BCUT2D eigenvalue weighted by Gasteiger charge is 2.17. The molecule has 1 N–H and O–H groups in total. The lowest BCUT2D eigenvalue weighted by atomic mass is 10.1. The lowest BCUT2D eigenvalue weighted by Gasteiger charge is -2.10. The summed E-state index contributed by atoms with van der Waals surface area (Å²) in [5, 5.41) is 12.3. The van der Waals surface area contributed by atoms with Crippen LogP contribution in [0.4, 0.5) is 5.69 Å². The number of anilines is 1. The number of nitrogens with zero attached hydrogens (tertiary/aromatic N) is 3. The Morgan fingerprint density at radius 2 is 1.93 bits per heavy atom. The number of benzene rings is 2. The van der Waals surface area contributed by atoms with Gasteiger partial charge in [-0.3, -0.25) is 4.79 Å². The fraction of sp³-hybridized carbons (Fsp3) is 0.286. The van der Waals surface area contributed by atoms with Crippen molar-refractivity contribution in [3.8, 4) is 17.1 Å². The molecule has 3 rings (SSSR count). The molecule has 3 aromatic rings. The van der Waals surface area contributed by atoms with Gasteiger partial charge in [-0.05, 0) is 56.2 Å². The van der Waals surface area contributed by atoms with Crippen molar-refractivity contribution >= 4 is 23.4 Å². The molecule has 0 saturated heterocycles. The van der Waals surface area contributed by atoms with Crippen molar-refractivity contribution in [3.63, 3.8) is 0 Å². The molecule has 0 aliphatic heterocycles. The van der Waals surface area contributed by atoms with Crippen LogP contribution in [0.5, 0.6) is 5.75 Å². The maximum atomic E-state index is 12.3. The van der Waals surface area contributed by atoms with E-state index in [1.54, 1.807) is 7.11 Å². The number of hydrogen-bond acceptors (Lipinski definition) is 5. The SMILES string of the molecule is CCn1c(SCC(=O)Nc2ccc(C)c(C)c2)nnc1-c1ccccc1OC. The van der Waals surface area contributed by atoms with Gasteiger partial charge in [-0.25, -0.2) is 0 Å². The first-order valence-electron chi connectivity index (χ1n) is 9.10. The van der Waals surface area contributed by atoms with Crippen LogP contribution in [0.1, 0.15) is 18.1 Å². The number of methoxy groups -OCH3 is 1. The van der Waals surface area contributed by atoms with E-state index in [1.165, 1.54) is 17.3 Å². The fourth-order valence-electron chi connectivity index (χ4n) is 2.86. The van der Waals surface area contributed by atoms with Crippen molar-refractivity contribution in [1.82, 2.24) is 14.8 Å². The lowest BCUT2D eigenvalue weighted by Crippen LogP contribution is -2.14. The van der Waals surface area contributed by atoms with Crippen LogP contribution in [0.3, 0.4) is 0 Å². The first kappa shape index (κ1) is 19.9. The van der Waals surface area contributed by atoms with Crippen LogP contribution in [0, 0.1) is 13.8 Å². The molecule has 0 atom stereocenters. The molecule has 0 unspecified atom stereocenters. The van der Waals surface area contributed by atoms with Gasteiger partial charge in [-0.2, -0.15) is 0 Å². The summed E-state index contributed by atoms with van der Waals surface area (Å²) in [4.78, 5) is 12.3. The van der Waals surface area contributed by atoms with E-state index >= 15 is 0 Å². The standard InChI is InChI=1S/C21H24N4O2S/c1-5-25-20(17-8-6-7-9-18(17)27-4)23-24-21(25)28-13-19(26)22-16-11-10-14(2)15(3)12-16/h6-12H,5,13H2,1-4H3,(H,22,26). The summed E-state index contributed by atoms with van der Waals surface area (Å²) < 4.78 is 7.43. The van der Waals surface area contributed by atoms with Gasteiger partial charge in [0, 0.05) is 12.2 Å². The van der Waals surface area contributed by atoms with Crippen molar-refractivity contribution in [2.24, 2.45) is 0 Å². The van der Waals surface area contributed by atoms with Gasteiger partial charge in [0.2, 0.25) is 5.91 Å². The molecular formula is C21H24N4O2S. The van der Waals surface area contributed by atoms with Crippen LogP contribution in [0.15, 0.2) is 47.6 Å². The van der Waals surface area contributed by atoms with Crippen LogP contribution in [0.2, 0.25) is 0 Å². The van der Waals surface area contributed by atoms with Crippen molar-refractivity contribution in [2.75, 3.05) is 18.2 Å². The average molecular weight is 397 g/mol. The average Bonchev–Trinajstić information content (AvgIpc) is 3.12. The summed E-state index contributed by atoms with van der Waals surface area (Å²) in [7, 11) is 1.64. The van der Waals surface area contributed by atoms with Gasteiger partial charge in [0.1, 0.15) is 5.75 Å². The third-order valence-electron chi connectivity index (χ3n) is 4.50. The van der Waals surface area contributed by atoms with Crippen LogP contribution < -0.4 is 10.1 Å². The summed E-state index contributed by atoms with van der Waals surface area (Å²) in [6.07, 6.45) is 0. The Labute approximate surface area is 169 Å². The van der Waals surface area contributed by atoms with Crippen molar-refractivity contribution in [1.29, 1.82) is 0 Å². The van der Waals surface area contributed by atoms with Crippen LogP contribution >= 0.6 is 11.8 Å². The Morgan fingerprint density at radius 1 is 1.14 bits per heavy atom. The number of carbonyl (C=O) groups is 1. The zero-order valence-corrected chi connectivity index (χ0v) is 17.3. The fourth-order valence-corrected chi connectivity index (χ4v) is 3.66. The number of nitrogens with one attached hydrogen (secondary N) is 1. The highest BCUT2D eigenvalue weighted by molar-refractivity contribution is 7.99. The number of ether oxygens (including phenoxy) is 1. The quantitative estimate of drug-likeness (QED) is 0.602. The number of aromatic nitrogens is 3. The van der Waals surface area contributed by atoms with Gasteiger partial charge in [-0.15, -0.1) is 10.2 Å². The summed E-state index contributed by atoms with van der Waals surface area (Å²) in [5.41, 5.74) is 4.04. The minimum Gasteiger partial charge on any atom is -0.496 e. The summed E-state index contributed by atoms with van der Waals surface area (Å²) in [6, 6.07) is 13.6. The van der Waals surface area contributed by atoms with E-state index in [-0.39, 0.29) is 11.7 Å². The Kier molecular flexibility index (Phi) is 6.36. The van der Waals surface area contributed by atoms with Crippen molar-refractivity contribution in [3.05, 3.63) is 53.6 Å². The predicted octanol–water partition coefficient (Wildman–Crippen LogP) is 4.32. The molecule has 0 radical (unpaired) electrons. The number of amides is 1. The molecule has 0 spiro atoms. The van der Waals surface area contributed by atoms with Gasteiger partial charge in [0.15, 0.2) is 11.0 Å². The molecule has 1 heterocycles. The minimum absolute atomic E-state index is 0.0715. The van der Waals surface area contributed by atoms with Crippen LogP contribution in [-0.4, -0.2) is 33.5 Å². The van der Waals surface area contributed by atoms with E-state index in [9.17, 15) is 4.79 Å². The first-order chi connectivity index (χ1) is 13.5. The Morgan fingerprint density at radius 3 is 2.64 bits per heavy atom. The predicted molar refractivity (Wildman–Crippen MR) is 113 cm³/mol. The molecule has 0 saturated carbocycles. The number of hydrogen-bond donors (Lipinski definition) is 1. The van der Waals surface area contributed by atoms with Crippen LogP contribution in [0.25, 0.3) is 11.4 Å². The largest absolute Gasteiger partial charge is 0.496 e. The number of carbonyl (C=O) groups excluding carboxylic acids is 1. The van der Waals surface area contributed by atoms with Crippen LogP contribution in [-0.2, 0) is 11.3 Å². The molecule has 1 aromatic heterocycles. The number of rotatable bonds is 7. The van der Waals surface area contributed by atoms with Gasteiger partial charge >= 0.3 is 0 Å². The van der Waals surface area contributed by atoms with Gasteiger partial charge in [-0.1, -0.05) is 30.0 Å². The van der Waals surface area contributed by atoms with Gasteiger partial charge in [0.05, 0.1) is 18.4 Å². The molecule has 0 aliphatic carbocycles. The second-order valence-electron chi connectivity index (χ2n) is 6.39. The van der Waals surface area contributed by atoms with Gasteiger partial charge < -0.3 is 14.6 Å². The van der Waals surface area contributed by atoms with E-state index in [0.29, 0.717) is 11.7 Å². The molecule has 0 fully saturated rings. The molecular weight excluding hydrogens is 372 g/mol. The molecule has 2 aromatic carbocycles. The van der Waals surface area contributed by atoms with Gasteiger partial charge in [0.25, 0.3) is 0 Å². The maximum absolute atomic E-state index is 12.3. The summed E-state index contributed by atoms with van der Waals surface area (Å²) in [6.45, 7) is 6.81. The molecule has 0 aliphatic rings. The normalized spacial score (nSPS) is 10.7. The summed E-state index contributed by atoms with van der Waals surface area (Å²) in [5.74, 6) is 1.67. The van der Waals surface area contributed by atoms with E-state index in [0.717, 1.165) is 28.4 Å². The van der Waals surface area contributed by atoms with E-state index in [1.807, 2.05) is 67.8 Å².